The SMILES string of the molecule is CC(N[C@H](C)C1CCCCC1)c1c(Cl)ccc(F)c1Cl. The minimum Gasteiger partial charge on any atom is -0.307 e. The second kappa shape index (κ2) is 7.11. The van der Waals surface area contributed by atoms with Crippen molar-refractivity contribution in [2.75, 3.05) is 0 Å². The Hall–Kier alpha value is -0.310. The number of hydrogen-bond acceptors (Lipinski definition) is 1. The van der Waals surface area contributed by atoms with Crippen molar-refractivity contribution in [3.63, 3.8) is 0 Å². The van der Waals surface area contributed by atoms with Gasteiger partial charge in [-0.15, -0.1) is 0 Å². The molecule has 1 N–H and O–H groups in total. The van der Waals surface area contributed by atoms with Crippen molar-refractivity contribution in [2.24, 2.45) is 5.92 Å². The molecule has 0 aliphatic heterocycles. The third kappa shape index (κ3) is 3.66. The highest BCUT2D eigenvalue weighted by Crippen LogP contribution is 2.34. The summed E-state index contributed by atoms with van der Waals surface area (Å²) in [4.78, 5) is 0. The normalized spacial score (nSPS) is 19.9. The average Bonchev–Trinajstić information content (AvgIpc) is 2.44. The van der Waals surface area contributed by atoms with Crippen LogP contribution < -0.4 is 5.32 Å². The van der Waals surface area contributed by atoms with E-state index >= 15 is 0 Å². The molecular formula is C16H22Cl2FN. The first kappa shape index (κ1) is 16.1. The van der Waals surface area contributed by atoms with Crippen LogP contribution in [0.4, 0.5) is 4.39 Å². The Labute approximate surface area is 130 Å². The van der Waals surface area contributed by atoms with Gasteiger partial charge in [-0.3, -0.25) is 0 Å². The molecule has 0 heterocycles. The van der Waals surface area contributed by atoms with Gasteiger partial charge in [-0.25, -0.2) is 4.39 Å². The van der Waals surface area contributed by atoms with E-state index < -0.39 is 5.82 Å². The van der Waals surface area contributed by atoms with Crippen LogP contribution in [0.15, 0.2) is 12.1 Å². The van der Waals surface area contributed by atoms with E-state index in [4.69, 9.17) is 23.2 Å². The zero-order valence-corrected chi connectivity index (χ0v) is 13.6. The van der Waals surface area contributed by atoms with Crippen molar-refractivity contribution in [3.8, 4) is 0 Å². The van der Waals surface area contributed by atoms with Crippen molar-refractivity contribution in [1.82, 2.24) is 5.32 Å². The number of nitrogens with one attached hydrogen (secondary N) is 1. The molecule has 0 aromatic heterocycles. The highest BCUT2D eigenvalue weighted by atomic mass is 35.5. The minimum atomic E-state index is -0.412. The molecule has 1 aromatic rings. The van der Waals surface area contributed by atoms with Crippen LogP contribution in [0.5, 0.6) is 0 Å². The van der Waals surface area contributed by atoms with Crippen molar-refractivity contribution < 1.29 is 4.39 Å². The lowest BCUT2D eigenvalue weighted by molar-refractivity contribution is 0.268. The Morgan fingerprint density at radius 1 is 1.15 bits per heavy atom. The van der Waals surface area contributed by atoms with Gasteiger partial charge in [0, 0.05) is 22.7 Å². The quantitative estimate of drug-likeness (QED) is 0.697. The topological polar surface area (TPSA) is 12.0 Å². The van der Waals surface area contributed by atoms with Crippen LogP contribution in [-0.4, -0.2) is 6.04 Å². The summed E-state index contributed by atoms with van der Waals surface area (Å²) in [5, 5.41) is 4.19. The van der Waals surface area contributed by atoms with Crippen molar-refractivity contribution >= 4 is 23.2 Å². The lowest BCUT2D eigenvalue weighted by Crippen LogP contribution is -2.36. The van der Waals surface area contributed by atoms with Crippen LogP contribution in [0.25, 0.3) is 0 Å². The van der Waals surface area contributed by atoms with Gasteiger partial charge < -0.3 is 5.32 Å². The predicted octanol–water partition coefficient (Wildman–Crippen LogP) is 5.75. The Morgan fingerprint density at radius 3 is 2.45 bits per heavy atom. The maximum atomic E-state index is 13.6. The van der Waals surface area contributed by atoms with E-state index in [1.54, 1.807) is 6.07 Å². The summed E-state index contributed by atoms with van der Waals surface area (Å²) in [6.45, 7) is 4.19. The summed E-state index contributed by atoms with van der Waals surface area (Å²) in [6.07, 6.45) is 6.51. The minimum absolute atomic E-state index is 0.0531. The maximum absolute atomic E-state index is 13.6. The molecule has 0 bridgehead atoms. The molecule has 0 saturated heterocycles. The van der Waals surface area contributed by atoms with Crippen molar-refractivity contribution in [1.29, 1.82) is 0 Å². The molecule has 1 nitrogen and oxygen atoms in total. The van der Waals surface area contributed by atoms with Crippen LogP contribution in [-0.2, 0) is 0 Å². The molecule has 1 aliphatic rings. The van der Waals surface area contributed by atoms with E-state index in [1.165, 1.54) is 38.2 Å². The molecule has 1 saturated carbocycles. The standard InChI is InChI=1S/C16H22Cl2FN/c1-10(12-6-4-3-5-7-12)20-11(2)15-13(17)8-9-14(19)16(15)18/h8-12,20H,3-7H2,1-2H3/t10-,11?/m1/s1. The van der Waals surface area contributed by atoms with Gasteiger partial charge in [0.05, 0.1) is 5.02 Å². The predicted molar refractivity (Wildman–Crippen MR) is 84.0 cm³/mol. The zero-order valence-electron chi connectivity index (χ0n) is 12.1. The van der Waals surface area contributed by atoms with Gasteiger partial charge in [0.1, 0.15) is 5.82 Å². The summed E-state index contributed by atoms with van der Waals surface area (Å²) in [7, 11) is 0. The first-order chi connectivity index (χ1) is 9.50. The molecule has 0 spiro atoms. The number of rotatable bonds is 4. The van der Waals surface area contributed by atoms with Gasteiger partial charge in [0.25, 0.3) is 0 Å². The second-order valence-corrected chi connectivity index (χ2v) is 6.62. The molecule has 1 unspecified atom stereocenters. The van der Waals surface area contributed by atoms with Crippen LogP contribution in [0, 0.1) is 11.7 Å². The summed E-state index contributed by atoms with van der Waals surface area (Å²) < 4.78 is 13.6. The summed E-state index contributed by atoms with van der Waals surface area (Å²) >= 11 is 12.2. The first-order valence-corrected chi connectivity index (χ1v) is 8.15. The van der Waals surface area contributed by atoms with Crippen LogP contribution in [0.1, 0.15) is 57.6 Å². The largest absolute Gasteiger partial charge is 0.307 e. The number of hydrogen-bond donors (Lipinski definition) is 1. The van der Waals surface area contributed by atoms with Gasteiger partial charge in [-0.05, 0) is 44.7 Å². The Balaban J connectivity index is 2.07. The van der Waals surface area contributed by atoms with E-state index in [-0.39, 0.29) is 11.1 Å². The summed E-state index contributed by atoms with van der Waals surface area (Å²) in [5.74, 6) is 0.280. The monoisotopic (exact) mass is 317 g/mol. The highest BCUT2D eigenvalue weighted by Gasteiger charge is 2.24. The third-order valence-corrected chi connectivity index (χ3v) is 5.10. The molecule has 2 rings (SSSR count). The summed E-state index contributed by atoms with van der Waals surface area (Å²) in [6, 6.07) is 3.22. The van der Waals surface area contributed by atoms with Crippen molar-refractivity contribution in [2.45, 2.75) is 58.0 Å². The van der Waals surface area contributed by atoms with Crippen LogP contribution in [0.3, 0.4) is 0 Å². The Kier molecular flexibility index (Phi) is 5.71. The fraction of sp³-hybridized carbons (Fsp3) is 0.625. The first-order valence-electron chi connectivity index (χ1n) is 7.40. The molecule has 0 radical (unpaired) electrons. The van der Waals surface area contributed by atoms with E-state index in [1.807, 2.05) is 6.92 Å². The lowest BCUT2D eigenvalue weighted by Gasteiger charge is -2.31. The molecular weight excluding hydrogens is 296 g/mol. The molecule has 2 atom stereocenters. The van der Waals surface area contributed by atoms with E-state index in [2.05, 4.69) is 12.2 Å². The average molecular weight is 318 g/mol. The maximum Gasteiger partial charge on any atom is 0.142 e. The molecule has 1 aromatic carbocycles. The molecule has 1 aliphatic carbocycles. The van der Waals surface area contributed by atoms with Crippen LogP contribution in [0.2, 0.25) is 10.0 Å². The van der Waals surface area contributed by atoms with Gasteiger partial charge in [0.2, 0.25) is 0 Å². The molecule has 20 heavy (non-hydrogen) atoms. The van der Waals surface area contributed by atoms with Crippen LogP contribution >= 0.6 is 23.2 Å². The van der Waals surface area contributed by atoms with Crippen molar-refractivity contribution in [3.05, 3.63) is 33.6 Å². The smallest absolute Gasteiger partial charge is 0.142 e. The van der Waals surface area contributed by atoms with Gasteiger partial charge in [0.15, 0.2) is 0 Å². The van der Waals surface area contributed by atoms with Gasteiger partial charge in [-0.2, -0.15) is 0 Å². The highest BCUT2D eigenvalue weighted by molar-refractivity contribution is 6.36. The van der Waals surface area contributed by atoms with E-state index in [0.29, 0.717) is 22.5 Å². The fourth-order valence-corrected chi connectivity index (χ4v) is 3.89. The Morgan fingerprint density at radius 2 is 1.80 bits per heavy atom. The third-order valence-electron chi connectivity index (χ3n) is 4.38. The lowest BCUT2D eigenvalue weighted by atomic mass is 9.84. The molecule has 1 fully saturated rings. The second-order valence-electron chi connectivity index (χ2n) is 5.83. The molecule has 0 amide bonds. The number of halogens is 3. The molecule has 112 valence electrons. The van der Waals surface area contributed by atoms with Gasteiger partial charge in [-0.1, -0.05) is 42.5 Å². The number of benzene rings is 1. The van der Waals surface area contributed by atoms with E-state index in [0.717, 1.165) is 0 Å². The van der Waals surface area contributed by atoms with E-state index in [9.17, 15) is 4.39 Å². The zero-order chi connectivity index (χ0) is 14.7. The van der Waals surface area contributed by atoms with Gasteiger partial charge >= 0.3 is 0 Å². The Bertz CT molecular complexity index is 458. The molecule has 4 heteroatoms. The summed E-state index contributed by atoms with van der Waals surface area (Å²) in [5.41, 5.74) is 0.663. The fourth-order valence-electron chi connectivity index (χ4n) is 3.19.